The van der Waals surface area contributed by atoms with Gasteiger partial charge >= 0.3 is 12.2 Å². The van der Waals surface area contributed by atoms with E-state index < -0.39 is 17.8 Å². The number of imidazole rings is 1. The molecule has 2 aromatic heterocycles. The first-order valence-electron chi connectivity index (χ1n) is 10.2. The summed E-state index contributed by atoms with van der Waals surface area (Å²) in [6.45, 7) is 1.71. The SMILES string of the molecule is Cc1nccn1Cc1ccc(NC(=O)Nc2ccc(Oc3cc(Cl)ncn3)cc2)cc1C(F)(F)F. The average Bonchev–Trinajstić information content (AvgIpc) is 3.20. The second-order valence-corrected chi connectivity index (χ2v) is 7.74. The third kappa shape index (κ3) is 6.27. The van der Waals surface area contributed by atoms with Gasteiger partial charge in [-0.2, -0.15) is 13.2 Å². The van der Waals surface area contributed by atoms with Crippen molar-refractivity contribution in [2.75, 3.05) is 10.6 Å². The van der Waals surface area contributed by atoms with Crippen LogP contribution in [0.4, 0.5) is 29.3 Å². The van der Waals surface area contributed by atoms with Gasteiger partial charge in [0.25, 0.3) is 0 Å². The van der Waals surface area contributed by atoms with Gasteiger partial charge in [0.05, 0.1) is 5.56 Å². The Kier molecular flexibility index (Phi) is 6.87. The number of halogens is 4. The molecule has 2 N–H and O–H groups in total. The molecule has 0 saturated heterocycles. The number of aryl methyl sites for hydroxylation is 1. The molecule has 4 aromatic rings. The van der Waals surface area contributed by atoms with Gasteiger partial charge < -0.3 is 19.9 Å². The average molecular weight is 503 g/mol. The third-order valence-electron chi connectivity index (χ3n) is 4.88. The maximum Gasteiger partial charge on any atom is 0.416 e. The van der Waals surface area contributed by atoms with E-state index in [2.05, 4.69) is 25.6 Å². The second-order valence-electron chi connectivity index (χ2n) is 7.36. The number of alkyl halides is 3. The van der Waals surface area contributed by atoms with E-state index in [1.54, 1.807) is 42.0 Å². The van der Waals surface area contributed by atoms with Crippen LogP contribution in [0.2, 0.25) is 5.15 Å². The zero-order valence-electron chi connectivity index (χ0n) is 18.2. The lowest BCUT2D eigenvalue weighted by Crippen LogP contribution is -2.20. The van der Waals surface area contributed by atoms with Gasteiger partial charge in [0.15, 0.2) is 0 Å². The molecule has 35 heavy (non-hydrogen) atoms. The molecule has 0 bridgehead atoms. The standard InChI is InChI=1S/C23H18ClF3N6O2/c1-14-28-8-9-33(14)12-15-2-3-17(10-19(15)23(25,26)27)32-22(34)31-16-4-6-18(7-5-16)35-21-11-20(24)29-13-30-21/h2-11,13H,12H2,1H3,(H2,31,32,34). The highest BCUT2D eigenvalue weighted by atomic mass is 35.5. The monoisotopic (exact) mass is 502 g/mol. The molecule has 0 radical (unpaired) electrons. The van der Waals surface area contributed by atoms with Crippen LogP contribution in [0.3, 0.4) is 0 Å². The lowest BCUT2D eigenvalue weighted by atomic mass is 10.1. The number of carbonyl (C=O) groups is 1. The van der Waals surface area contributed by atoms with Gasteiger partial charge in [-0.3, -0.25) is 0 Å². The molecule has 4 rings (SSSR count). The Morgan fingerprint density at radius 3 is 2.40 bits per heavy atom. The predicted molar refractivity (Wildman–Crippen MR) is 124 cm³/mol. The zero-order chi connectivity index (χ0) is 25.0. The maximum absolute atomic E-state index is 13.7. The van der Waals surface area contributed by atoms with Gasteiger partial charge in [-0.1, -0.05) is 17.7 Å². The number of aromatic nitrogens is 4. The zero-order valence-corrected chi connectivity index (χ0v) is 18.9. The Labute approximate surface area is 202 Å². The Hall–Kier alpha value is -4.12. The number of amides is 2. The van der Waals surface area contributed by atoms with Gasteiger partial charge in [0, 0.05) is 36.4 Å². The third-order valence-corrected chi connectivity index (χ3v) is 5.09. The van der Waals surface area contributed by atoms with Crippen LogP contribution in [0.25, 0.3) is 0 Å². The van der Waals surface area contributed by atoms with Crippen LogP contribution in [0.5, 0.6) is 11.6 Å². The van der Waals surface area contributed by atoms with Crippen molar-refractivity contribution in [3.05, 3.63) is 89.4 Å². The number of carbonyl (C=O) groups excluding carboxylic acids is 1. The number of nitrogens with one attached hydrogen (secondary N) is 2. The smallest absolute Gasteiger partial charge is 0.416 e. The summed E-state index contributed by atoms with van der Waals surface area (Å²) in [6, 6.07) is 10.7. The number of benzene rings is 2. The Bertz CT molecular complexity index is 1340. The normalized spacial score (nSPS) is 11.2. The fraction of sp³-hybridized carbons (Fsp3) is 0.130. The molecule has 180 valence electrons. The van der Waals surface area contributed by atoms with E-state index in [0.717, 1.165) is 6.07 Å². The highest BCUT2D eigenvalue weighted by Gasteiger charge is 2.33. The molecule has 0 aliphatic carbocycles. The number of nitrogens with zero attached hydrogens (tertiary/aromatic N) is 4. The molecule has 0 spiro atoms. The lowest BCUT2D eigenvalue weighted by Gasteiger charge is -2.16. The first kappa shape index (κ1) is 24.0. The molecule has 0 unspecified atom stereocenters. The molecule has 0 fully saturated rings. The minimum atomic E-state index is -4.60. The van der Waals surface area contributed by atoms with Crippen molar-refractivity contribution in [3.63, 3.8) is 0 Å². The minimum absolute atomic E-state index is 0.00141. The largest absolute Gasteiger partial charge is 0.439 e. The first-order chi connectivity index (χ1) is 16.7. The summed E-state index contributed by atoms with van der Waals surface area (Å²) in [7, 11) is 0. The van der Waals surface area contributed by atoms with E-state index in [-0.39, 0.29) is 28.8 Å². The summed E-state index contributed by atoms with van der Waals surface area (Å²) in [5.41, 5.74) is -0.375. The van der Waals surface area contributed by atoms with Crippen molar-refractivity contribution in [1.82, 2.24) is 19.5 Å². The van der Waals surface area contributed by atoms with Gasteiger partial charge in [0.1, 0.15) is 23.1 Å². The van der Waals surface area contributed by atoms with Crippen LogP contribution in [0.15, 0.2) is 67.3 Å². The Morgan fingerprint density at radius 1 is 1.03 bits per heavy atom. The van der Waals surface area contributed by atoms with Crippen LogP contribution in [-0.2, 0) is 12.7 Å². The highest BCUT2D eigenvalue weighted by molar-refractivity contribution is 6.29. The number of hydrogen-bond donors (Lipinski definition) is 2. The highest BCUT2D eigenvalue weighted by Crippen LogP contribution is 2.34. The summed E-state index contributed by atoms with van der Waals surface area (Å²) < 4.78 is 48.2. The summed E-state index contributed by atoms with van der Waals surface area (Å²) in [5, 5.41) is 5.22. The Morgan fingerprint density at radius 2 is 1.74 bits per heavy atom. The van der Waals surface area contributed by atoms with Crippen LogP contribution >= 0.6 is 11.6 Å². The molecule has 2 amide bonds. The molecule has 0 aliphatic heterocycles. The van der Waals surface area contributed by atoms with Crippen molar-refractivity contribution >= 4 is 29.0 Å². The molecular formula is C23H18ClF3N6O2. The van der Waals surface area contributed by atoms with Crippen molar-refractivity contribution in [2.24, 2.45) is 0 Å². The van der Waals surface area contributed by atoms with Gasteiger partial charge in [-0.15, -0.1) is 0 Å². The van der Waals surface area contributed by atoms with E-state index >= 15 is 0 Å². The fourth-order valence-corrected chi connectivity index (χ4v) is 3.34. The minimum Gasteiger partial charge on any atom is -0.439 e. The summed E-state index contributed by atoms with van der Waals surface area (Å²) in [6.07, 6.45) is -0.212. The maximum atomic E-state index is 13.7. The van der Waals surface area contributed by atoms with Crippen LogP contribution in [0.1, 0.15) is 17.0 Å². The van der Waals surface area contributed by atoms with E-state index in [4.69, 9.17) is 16.3 Å². The summed E-state index contributed by atoms with van der Waals surface area (Å²) >= 11 is 5.79. The lowest BCUT2D eigenvalue weighted by molar-refractivity contribution is -0.138. The first-order valence-corrected chi connectivity index (χ1v) is 10.6. The van der Waals surface area contributed by atoms with Crippen LogP contribution < -0.4 is 15.4 Å². The molecule has 2 aromatic carbocycles. The number of rotatable bonds is 6. The van der Waals surface area contributed by atoms with E-state index in [1.807, 2.05) is 0 Å². The molecule has 8 nitrogen and oxygen atoms in total. The van der Waals surface area contributed by atoms with Crippen molar-refractivity contribution in [2.45, 2.75) is 19.6 Å². The van der Waals surface area contributed by atoms with E-state index in [9.17, 15) is 18.0 Å². The number of hydrogen-bond acceptors (Lipinski definition) is 5. The van der Waals surface area contributed by atoms with Crippen LogP contribution in [-0.4, -0.2) is 25.6 Å². The molecule has 2 heterocycles. The predicted octanol–water partition coefficient (Wildman–Crippen LogP) is 6.14. The molecular weight excluding hydrogens is 485 g/mol. The molecule has 12 heteroatoms. The van der Waals surface area contributed by atoms with E-state index in [1.165, 1.54) is 30.7 Å². The number of ether oxygens (including phenoxy) is 1. The quantitative estimate of drug-likeness (QED) is 0.309. The molecule has 0 saturated carbocycles. The van der Waals surface area contributed by atoms with Crippen molar-refractivity contribution < 1.29 is 22.7 Å². The van der Waals surface area contributed by atoms with Crippen molar-refractivity contribution in [1.29, 1.82) is 0 Å². The van der Waals surface area contributed by atoms with Crippen molar-refractivity contribution in [3.8, 4) is 11.6 Å². The molecule has 0 aliphatic rings. The van der Waals surface area contributed by atoms with Crippen LogP contribution in [0, 0.1) is 6.92 Å². The number of anilines is 2. The fourth-order valence-electron chi connectivity index (χ4n) is 3.20. The topological polar surface area (TPSA) is 94.0 Å². The number of urea groups is 1. The summed E-state index contributed by atoms with van der Waals surface area (Å²) in [4.78, 5) is 24.1. The second kappa shape index (κ2) is 10.0. The van der Waals surface area contributed by atoms with Gasteiger partial charge in [0.2, 0.25) is 5.88 Å². The van der Waals surface area contributed by atoms with Gasteiger partial charge in [-0.05, 0) is 48.9 Å². The molecule has 0 atom stereocenters. The summed E-state index contributed by atoms with van der Waals surface area (Å²) in [5.74, 6) is 1.27. The Balaban J connectivity index is 1.42. The van der Waals surface area contributed by atoms with E-state index in [0.29, 0.717) is 17.3 Å². The van der Waals surface area contributed by atoms with Gasteiger partial charge in [-0.25, -0.2) is 19.7 Å².